The third-order valence-corrected chi connectivity index (χ3v) is 4.71. The SMILES string of the molecule is Cc1ccc(S(=O)(=O)Nc2cccc(CC/C(Cl)=N/O)n2)cc1. The van der Waals surface area contributed by atoms with Crippen LogP contribution in [-0.2, 0) is 16.4 Å². The molecular formula is C15H16ClN3O3S. The van der Waals surface area contributed by atoms with E-state index in [0.29, 0.717) is 18.5 Å². The van der Waals surface area contributed by atoms with Crippen molar-refractivity contribution in [1.82, 2.24) is 4.98 Å². The lowest BCUT2D eigenvalue weighted by molar-refractivity contribution is 0.319. The largest absolute Gasteiger partial charge is 0.410 e. The summed E-state index contributed by atoms with van der Waals surface area (Å²) >= 11 is 5.61. The lowest BCUT2D eigenvalue weighted by Crippen LogP contribution is -2.14. The second kappa shape index (κ2) is 7.43. The molecule has 23 heavy (non-hydrogen) atoms. The summed E-state index contributed by atoms with van der Waals surface area (Å²) in [5.41, 5.74) is 1.61. The lowest BCUT2D eigenvalue weighted by atomic mass is 10.2. The van der Waals surface area contributed by atoms with Crippen LogP contribution in [-0.4, -0.2) is 23.8 Å². The van der Waals surface area contributed by atoms with Crippen LogP contribution in [0.1, 0.15) is 17.7 Å². The molecule has 2 N–H and O–H groups in total. The zero-order valence-electron chi connectivity index (χ0n) is 12.4. The summed E-state index contributed by atoms with van der Waals surface area (Å²) in [5.74, 6) is 0.222. The van der Waals surface area contributed by atoms with E-state index < -0.39 is 10.0 Å². The Hall–Kier alpha value is -2.12. The zero-order valence-corrected chi connectivity index (χ0v) is 14.0. The summed E-state index contributed by atoms with van der Waals surface area (Å²) in [6.45, 7) is 1.88. The van der Waals surface area contributed by atoms with Crippen molar-refractivity contribution in [2.24, 2.45) is 5.16 Å². The van der Waals surface area contributed by atoms with Gasteiger partial charge < -0.3 is 5.21 Å². The number of halogens is 1. The van der Waals surface area contributed by atoms with Crippen LogP contribution < -0.4 is 4.72 Å². The molecule has 8 heteroatoms. The van der Waals surface area contributed by atoms with E-state index >= 15 is 0 Å². The Balaban J connectivity index is 2.14. The molecule has 2 rings (SSSR count). The Morgan fingerprint density at radius 1 is 1.26 bits per heavy atom. The van der Waals surface area contributed by atoms with Crippen molar-refractivity contribution in [3.05, 3.63) is 53.7 Å². The van der Waals surface area contributed by atoms with Crippen molar-refractivity contribution in [3.8, 4) is 0 Å². The van der Waals surface area contributed by atoms with Crippen LogP contribution in [0.15, 0.2) is 52.5 Å². The highest BCUT2D eigenvalue weighted by Crippen LogP contribution is 2.16. The van der Waals surface area contributed by atoms with Gasteiger partial charge in [-0.05, 0) is 37.6 Å². The molecule has 1 aromatic heterocycles. The summed E-state index contributed by atoms with van der Waals surface area (Å²) < 4.78 is 27.1. The first-order chi connectivity index (χ1) is 10.9. The molecule has 6 nitrogen and oxygen atoms in total. The number of oxime groups is 1. The number of rotatable bonds is 6. The number of nitrogens with zero attached hydrogens (tertiary/aromatic N) is 2. The number of nitrogens with one attached hydrogen (secondary N) is 1. The smallest absolute Gasteiger partial charge is 0.263 e. The topological polar surface area (TPSA) is 91.7 Å². The second-order valence-electron chi connectivity index (χ2n) is 4.91. The summed E-state index contributed by atoms with van der Waals surface area (Å²) in [6, 6.07) is 11.5. The van der Waals surface area contributed by atoms with E-state index in [9.17, 15) is 8.42 Å². The number of benzene rings is 1. The van der Waals surface area contributed by atoms with Crippen molar-refractivity contribution in [2.75, 3.05) is 4.72 Å². The molecule has 1 aromatic carbocycles. The monoisotopic (exact) mass is 353 g/mol. The van der Waals surface area contributed by atoms with Crippen LogP contribution in [0.25, 0.3) is 0 Å². The molecule has 0 spiro atoms. The predicted molar refractivity (Wildman–Crippen MR) is 89.6 cm³/mol. The van der Waals surface area contributed by atoms with Crippen LogP contribution in [0.5, 0.6) is 0 Å². The molecule has 0 aliphatic carbocycles. The number of pyridine rings is 1. The van der Waals surface area contributed by atoms with E-state index in [-0.39, 0.29) is 15.9 Å². The van der Waals surface area contributed by atoms with Crippen LogP contribution in [0.2, 0.25) is 0 Å². The molecule has 0 saturated carbocycles. The minimum absolute atomic E-state index is 0.0671. The Labute approximate surface area is 139 Å². The van der Waals surface area contributed by atoms with E-state index in [4.69, 9.17) is 16.8 Å². The quantitative estimate of drug-likeness (QED) is 0.474. The van der Waals surface area contributed by atoms with E-state index in [1.807, 2.05) is 6.92 Å². The molecule has 0 bridgehead atoms. The van der Waals surface area contributed by atoms with Gasteiger partial charge in [0.1, 0.15) is 11.0 Å². The molecule has 0 fully saturated rings. The average molecular weight is 354 g/mol. The molecule has 0 radical (unpaired) electrons. The second-order valence-corrected chi connectivity index (χ2v) is 7.03. The van der Waals surface area contributed by atoms with Gasteiger partial charge in [0.15, 0.2) is 0 Å². The fraction of sp³-hybridized carbons (Fsp3) is 0.200. The van der Waals surface area contributed by atoms with E-state index in [2.05, 4.69) is 14.9 Å². The normalized spacial score (nSPS) is 12.2. The maximum atomic E-state index is 12.3. The number of aryl methyl sites for hydroxylation is 2. The standard InChI is InChI=1S/C15H16ClN3O3S/c1-11-5-8-13(9-6-11)23(21,22)19-15-4-2-3-12(17-15)7-10-14(16)18-20/h2-6,8-9,20H,7,10H2,1H3,(H,17,19)/b18-14-. The molecule has 0 amide bonds. The van der Waals surface area contributed by atoms with E-state index in [0.717, 1.165) is 5.56 Å². The van der Waals surface area contributed by atoms with Gasteiger partial charge in [0.05, 0.1) is 4.90 Å². The maximum Gasteiger partial charge on any atom is 0.263 e. The fourth-order valence-corrected chi connectivity index (χ4v) is 2.97. The molecule has 0 aliphatic heterocycles. The van der Waals surface area contributed by atoms with E-state index in [1.54, 1.807) is 42.5 Å². The van der Waals surface area contributed by atoms with Gasteiger partial charge in [0, 0.05) is 12.1 Å². The highest BCUT2D eigenvalue weighted by Gasteiger charge is 2.14. The Bertz CT molecular complexity index is 805. The minimum atomic E-state index is -3.69. The molecule has 1 heterocycles. The van der Waals surface area contributed by atoms with Gasteiger partial charge in [-0.2, -0.15) is 0 Å². The number of sulfonamides is 1. The maximum absolute atomic E-state index is 12.3. The molecule has 0 unspecified atom stereocenters. The number of hydrogen-bond donors (Lipinski definition) is 2. The fourth-order valence-electron chi connectivity index (χ4n) is 1.87. The van der Waals surface area contributed by atoms with Gasteiger partial charge in [0.2, 0.25) is 0 Å². The van der Waals surface area contributed by atoms with Gasteiger partial charge in [-0.15, -0.1) is 0 Å². The average Bonchev–Trinajstić information content (AvgIpc) is 2.53. The van der Waals surface area contributed by atoms with Crippen LogP contribution in [0.4, 0.5) is 5.82 Å². The first-order valence-corrected chi connectivity index (χ1v) is 8.69. The molecule has 0 aliphatic rings. The van der Waals surface area contributed by atoms with Gasteiger partial charge in [0.25, 0.3) is 10.0 Å². The summed E-state index contributed by atoms with van der Waals surface area (Å²) in [7, 11) is -3.69. The highest BCUT2D eigenvalue weighted by atomic mass is 35.5. The van der Waals surface area contributed by atoms with Crippen molar-refractivity contribution >= 4 is 32.6 Å². The van der Waals surface area contributed by atoms with Gasteiger partial charge in [-0.1, -0.05) is 40.5 Å². The zero-order chi connectivity index (χ0) is 16.9. The third-order valence-electron chi connectivity index (χ3n) is 3.07. The molecule has 0 atom stereocenters. The molecule has 2 aromatic rings. The van der Waals surface area contributed by atoms with Crippen molar-refractivity contribution in [3.63, 3.8) is 0 Å². The Morgan fingerprint density at radius 3 is 2.61 bits per heavy atom. The third kappa shape index (κ3) is 4.94. The Kier molecular flexibility index (Phi) is 5.57. The first-order valence-electron chi connectivity index (χ1n) is 6.82. The summed E-state index contributed by atoms with van der Waals surface area (Å²) in [6.07, 6.45) is 0.752. The van der Waals surface area contributed by atoms with Crippen LogP contribution in [0, 0.1) is 6.92 Å². The van der Waals surface area contributed by atoms with Crippen LogP contribution in [0.3, 0.4) is 0 Å². The minimum Gasteiger partial charge on any atom is -0.410 e. The van der Waals surface area contributed by atoms with Gasteiger partial charge >= 0.3 is 0 Å². The van der Waals surface area contributed by atoms with Crippen molar-refractivity contribution < 1.29 is 13.6 Å². The summed E-state index contributed by atoms with van der Waals surface area (Å²) in [4.78, 5) is 4.39. The van der Waals surface area contributed by atoms with Gasteiger partial charge in [-0.25, -0.2) is 13.4 Å². The highest BCUT2D eigenvalue weighted by molar-refractivity contribution is 7.92. The first kappa shape index (κ1) is 17.2. The lowest BCUT2D eigenvalue weighted by Gasteiger charge is -2.09. The molecule has 0 saturated heterocycles. The van der Waals surface area contributed by atoms with Crippen molar-refractivity contribution in [1.29, 1.82) is 0 Å². The summed E-state index contributed by atoms with van der Waals surface area (Å²) in [5, 5.41) is 11.5. The molecular weight excluding hydrogens is 338 g/mol. The number of hydrogen-bond acceptors (Lipinski definition) is 5. The van der Waals surface area contributed by atoms with E-state index in [1.165, 1.54) is 0 Å². The van der Waals surface area contributed by atoms with Crippen molar-refractivity contribution in [2.45, 2.75) is 24.7 Å². The predicted octanol–water partition coefficient (Wildman–Crippen LogP) is 3.15. The number of anilines is 1. The van der Waals surface area contributed by atoms with Gasteiger partial charge in [-0.3, -0.25) is 4.72 Å². The molecule has 122 valence electrons. The Morgan fingerprint density at radius 2 is 1.96 bits per heavy atom. The number of aromatic nitrogens is 1. The van der Waals surface area contributed by atoms with Crippen LogP contribution >= 0.6 is 11.6 Å².